The van der Waals surface area contributed by atoms with Crippen LogP contribution in [0, 0.1) is 12.8 Å². The van der Waals surface area contributed by atoms with Crippen LogP contribution in [0.1, 0.15) is 41.6 Å². The molecule has 1 atom stereocenters. The highest BCUT2D eigenvalue weighted by Crippen LogP contribution is 2.37. The monoisotopic (exact) mass is 315 g/mol. The zero-order chi connectivity index (χ0) is 16.4. The van der Waals surface area contributed by atoms with Crippen LogP contribution >= 0.6 is 0 Å². The van der Waals surface area contributed by atoms with Crippen molar-refractivity contribution in [3.8, 4) is 0 Å². The molecule has 5 heteroatoms. The van der Waals surface area contributed by atoms with Gasteiger partial charge in [0, 0.05) is 18.3 Å². The number of hydrogen-bond donors (Lipinski definition) is 2. The van der Waals surface area contributed by atoms with E-state index in [0.29, 0.717) is 11.5 Å². The Labute approximate surface area is 137 Å². The van der Waals surface area contributed by atoms with Gasteiger partial charge in [0.25, 0.3) is 5.91 Å². The first-order valence-electron chi connectivity index (χ1n) is 8.48. The maximum atomic E-state index is 12.8. The van der Waals surface area contributed by atoms with Crippen LogP contribution in [-0.2, 0) is 4.79 Å². The maximum Gasteiger partial charge on any atom is 0.251 e. The highest BCUT2D eigenvalue weighted by molar-refractivity contribution is 6.00. The van der Waals surface area contributed by atoms with Gasteiger partial charge in [-0.2, -0.15) is 0 Å². The van der Waals surface area contributed by atoms with Crippen LogP contribution in [-0.4, -0.2) is 42.9 Å². The number of anilines is 1. The molecule has 0 bridgehead atoms. The highest BCUT2D eigenvalue weighted by Gasteiger charge is 2.41. The molecule has 1 aliphatic heterocycles. The molecule has 1 heterocycles. The van der Waals surface area contributed by atoms with Crippen LogP contribution in [0.5, 0.6) is 0 Å². The third-order valence-electron chi connectivity index (χ3n) is 4.93. The minimum Gasteiger partial charge on any atom is -0.355 e. The Balaban J connectivity index is 1.77. The Morgan fingerprint density at radius 2 is 1.91 bits per heavy atom. The van der Waals surface area contributed by atoms with Gasteiger partial charge in [-0.25, -0.2) is 0 Å². The Hall–Kier alpha value is -1.88. The summed E-state index contributed by atoms with van der Waals surface area (Å²) in [6, 6.07) is 5.45. The summed E-state index contributed by atoms with van der Waals surface area (Å²) >= 11 is 0. The van der Waals surface area contributed by atoms with Gasteiger partial charge in [0.1, 0.15) is 0 Å². The molecule has 3 rings (SSSR count). The van der Waals surface area contributed by atoms with E-state index in [1.54, 1.807) is 13.1 Å². The number of benzene rings is 1. The summed E-state index contributed by atoms with van der Waals surface area (Å²) in [5, 5.41) is 5.71. The van der Waals surface area contributed by atoms with Crippen molar-refractivity contribution in [2.45, 2.75) is 38.6 Å². The topological polar surface area (TPSA) is 61.4 Å². The van der Waals surface area contributed by atoms with Gasteiger partial charge in [0.2, 0.25) is 5.91 Å². The largest absolute Gasteiger partial charge is 0.355 e. The minimum atomic E-state index is -0.128. The molecule has 1 aromatic carbocycles. The standard InChI is InChI=1S/C18H25N3O2/c1-12-14(17(22)19-2)6-5-7-15(12)20-18(23)16(13-8-9-13)21-10-3-4-11-21/h5-7,13,16H,3-4,8-11H2,1-2H3,(H,19,22)(H,20,23). The lowest BCUT2D eigenvalue weighted by Crippen LogP contribution is -2.44. The summed E-state index contributed by atoms with van der Waals surface area (Å²) in [5.41, 5.74) is 2.16. The zero-order valence-corrected chi connectivity index (χ0v) is 13.9. The van der Waals surface area contributed by atoms with Gasteiger partial charge >= 0.3 is 0 Å². The second-order valence-corrected chi connectivity index (χ2v) is 6.57. The molecule has 0 spiro atoms. The maximum absolute atomic E-state index is 12.8. The predicted molar refractivity (Wildman–Crippen MR) is 90.5 cm³/mol. The normalized spacial score (nSPS) is 19.4. The number of carbonyl (C=O) groups excluding carboxylic acids is 2. The third-order valence-corrected chi connectivity index (χ3v) is 4.93. The van der Waals surface area contributed by atoms with Crippen LogP contribution < -0.4 is 10.6 Å². The Morgan fingerprint density at radius 1 is 1.22 bits per heavy atom. The number of rotatable bonds is 5. The van der Waals surface area contributed by atoms with E-state index in [4.69, 9.17) is 0 Å². The SMILES string of the molecule is CNC(=O)c1cccc(NC(=O)C(C2CC2)N2CCCC2)c1C. The van der Waals surface area contributed by atoms with E-state index >= 15 is 0 Å². The Morgan fingerprint density at radius 3 is 2.52 bits per heavy atom. The van der Waals surface area contributed by atoms with E-state index in [1.807, 2.05) is 19.1 Å². The molecular weight excluding hydrogens is 290 g/mol. The second kappa shape index (κ2) is 6.71. The summed E-state index contributed by atoms with van der Waals surface area (Å²) in [6.07, 6.45) is 4.65. The molecule has 23 heavy (non-hydrogen) atoms. The van der Waals surface area contributed by atoms with E-state index in [9.17, 15) is 9.59 Å². The van der Waals surface area contributed by atoms with E-state index in [0.717, 1.165) is 37.2 Å². The number of carbonyl (C=O) groups is 2. The predicted octanol–water partition coefficient (Wildman–Crippen LogP) is 2.17. The first kappa shape index (κ1) is 16.0. The molecular formula is C18H25N3O2. The number of nitrogens with one attached hydrogen (secondary N) is 2. The van der Waals surface area contributed by atoms with E-state index in [2.05, 4.69) is 15.5 Å². The molecule has 2 amide bonds. The number of likely N-dealkylation sites (tertiary alicyclic amines) is 1. The van der Waals surface area contributed by atoms with Crippen molar-refractivity contribution in [2.24, 2.45) is 5.92 Å². The molecule has 0 radical (unpaired) electrons. The lowest BCUT2D eigenvalue weighted by atomic mass is 10.0. The van der Waals surface area contributed by atoms with Crippen LogP contribution in [0.3, 0.4) is 0 Å². The fourth-order valence-corrected chi connectivity index (χ4v) is 3.47. The van der Waals surface area contributed by atoms with Crippen LogP contribution in [0.25, 0.3) is 0 Å². The van der Waals surface area contributed by atoms with Crippen LogP contribution in [0.2, 0.25) is 0 Å². The van der Waals surface area contributed by atoms with Crippen molar-refractivity contribution in [1.82, 2.24) is 10.2 Å². The molecule has 1 aliphatic carbocycles. The van der Waals surface area contributed by atoms with Gasteiger partial charge in [-0.1, -0.05) is 6.07 Å². The minimum absolute atomic E-state index is 0.0134. The number of amides is 2. The van der Waals surface area contributed by atoms with E-state index in [-0.39, 0.29) is 17.9 Å². The molecule has 2 fully saturated rings. The van der Waals surface area contributed by atoms with E-state index < -0.39 is 0 Å². The second-order valence-electron chi connectivity index (χ2n) is 6.57. The fourth-order valence-electron chi connectivity index (χ4n) is 3.47. The Bertz CT molecular complexity index is 604. The average molecular weight is 315 g/mol. The molecule has 124 valence electrons. The smallest absolute Gasteiger partial charge is 0.251 e. The molecule has 1 aromatic rings. The summed E-state index contributed by atoms with van der Waals surface area (Å²) in [7, 11) is 1.61. The molecule has 1 saturated carbocycles. The summed E-state index contributed by atoms with van der Waals surface area (Å²) in [6.45, 7) is 3.92. The van der Waals surface area contributed by atoms with Gasteiger partial charge in [0.15, 0.2) is 0 Å². The van der Waals surface area contributed by atoms with Crippen LogP contribution in [0.4, 0.5) is 5.69 Å². The van der Waals surface area contributed by atoms with Gasteiger partial charge in [0.05, 0.1) is 6.04 Å². The third kappa shape index (κ3) is 3.39. The van der Waals surface area contributed by atoms with Crippen molar-refractivity contribution < 1.29 is 9.59 Å². The fraction of sp³-hybridized carbons (Fsp3) is 0.556. The summed E-state index contributed by atoms with van der Waals surface area (Å²) < 4.78 is 0. The summed E-state index contributed by atoms with van der Waals surface area (Å²) in [5.74, 6) is 0.443. The quantitative estimate of drug-likeness (QED) is 0.875. The lowest BCUT2D eigenvalue weighted by molar-refractivity contribution is -0.121. The highest BCUT2D eigenvalue weighted by atomic mass is 16.2. The van der Waals surface area contributed by atoms with Crippen molar-refractivity contribution in [2.75, 3.05) is 25.5 Å². The van der Waals surface area contributed by atoms with Crippen molar-refractivity contribution in [1.29, 1.82) is 0 Å². The molecule has 1 saturated heterocycles. The lowest BCUT2D eigenvalue weighted by Gasteiger charge is -2.27. The first-order valence-corrected chi connectivity index (χ1v) is 8.48. The molecule has 2 N–H and O–H groups in total. The molecule has 5 nitrogen and oxygen atoms in total. The van der Waals surface area contributed by atoms with Gasteiger partial charge in [-0.15, -0.1) is 0 Å². The number of hydrogen-bond acceptors (Lipinski definition) is 3. The number of nitrogens with zero attached hydrogens (tertiary/aromatic N) is 1. The van der Waals surface area contributed by atoms with Gasteiger partial charge in [-0.05, 0) is 69.3 Å². The zero-order valence-electron chi connectivity index (χ0n) is 13.9. The summed E-state index contributed by atoms with van der Waals surface area (Å²) in [4.78, 5) is 27.1. The Kier molecular flexibility index (Phi) is 4.66. The van der Waals surface area contributed by atoms with Crippen molar-refractivity contribution >= 4 is 17.5 Å². The van der Waals surface area contributed by atoms with Crippen LogP contribution in [0.15, 0.2) is 18.2 Å². The molecule has 2 aliphatic rings. The molecule has 1 unspecified atom stereocenters. The van der Waals surface area contributed by atoms with Gasteiger partial charge in [-0.3, -0.25) is 14.5 Å². The van der Waals surface area contributed by atoms with Crippen molar-refractivity contribution in [3.05, 3.63) is 29.3 Å². The van der Waals surface area contributed by atoms with E-state index in [1.165, 1.54) is 12.8 Å². The average Bonchev–Trinajstić information content (AvgIpc) is 3.23. The van der Waals surface area contributed by atoms with Gasteiger partial charge < -0.3 is 10.6 Å². The first-order chi connectivity index (χ1) is 11.1. The molecule has 0 aromatic heterocycles. The van der Waals surface area contributed by atoms with Crippen molar-refractivity contribution in [3.63, 3.8) is 0 Å².